The molecule has 0 bridgehead atoms. The number of aromatic amines is 1. The number of phenols is 1. The van der Waals surface area contributed by atoms with Gasteiger partial charge in [0.15, 0.2) is 0 Å². The number of nitrogens with zero attached hydrogens (tertiary/aromatic N) is 1. The zero-order valence-corrected chi connectivity index (χ0v) is 19.9. The number of rotatable bonds is 7. The van der Waals surface area contributed by atoms with E-state index < -0.39 is 5.91 Å². The molecule has 3 heterocycles. The van der Waals surface area contributed by atoms with Gasteiger partial charge in [0.2, 0.25) is 5.91 Å². The van der Waals surface area contributed by atoms with Crippen molar-refractivity contribution in [2.24, 2.45) is 11.5 Å². The summed E-state index contributed by atoms with van der Waals surface area (Å²) in [6.45, 7) is 10.3. The van der Waals surface area contributed by atoms with Gasteiger partial charge in [0, 0.05) is 48.2 Å². The molecule has 0 spiro atoms. The average Bonchev–Trinajstić information content (AvgIpc) is 3.13. The highest BCUT2D eigenvalue weighted by molar-refractivity contribution is 5.86. The maximum absolute atomic E-state index is 10.2. The summed E-state index contributed by atoms with van der Waals surface area (Å²) < 4.78 is 5.57. The number of amides is 1. The maximum atomic E-state index is 10.2. The Morgan fingerprint density at radius 2 is 1.94 bits per heavy atom. The topological polar surface area (TPSA) is 144 Å². The zero-order valence-electron chi connectivity index (χ0n) is 19.9. The molecule has 1 unspecified atom stereocenters. The van der Waals surface area contributed by atoms with Gasteiger partial charge in [-0.1, -0.05) is 25.6 Å². The summed E-state index contributed by atoms with van der Waals surface area (Å²) >= 11 is 0. The molecule has 0 radical (unpaired) electrons. The first kappa shape index (κ1) is 25.4. The molecule has 1 aromatic carbocycles. The predicted molar refractivity (Wildman–Crippen MR) is 137 cm³/mol. The molecule has 4 rings (SSSR count). The summed E-state index contributed by atoms with van der Waals surface area (Å²) in [7, 11) is 0. The molecule has 8 heteroatoms. The van der Waals surface area contributed by atoms with Crippen LogP contribution >= 0.6 is 0 Å². The Labute approximate surface area is 201 Å². The second-order valence-electron chi connectivity index (χ2n) is 8.94. The van der Waals surface area contributed by atoms with E-state index in [0.717, 1.165) is 44.2 Å². The number of aromatic nitrogens is 1. The highest BCUT2D eigenvalue weighted by atomic mass is 16.5. The predicted octanol–water partition coefficient (Wildman–Crippen LogP) is 3.12. The number of likely N-dealkylation sites (tertiary alicyclic amines) is 1. The van der Waals surface area contributed by atoms with E-state index in [-0.39, 0.29) is 5.75 Å². The molecule has 34 heavy (non-hydrogen) atoms. The number of nitrogens with one attached hydrogen (secondary N) is 1. The maximum Gasteiger partial charge on any atom is 0.240 e. The van der Waals surface area contributed by atoms with Crippen molar-refractivity contribution in [3.05, 3.63) is 59.3 Å². The molecular formula is C26H37N5O3. The Morgan fingerprint density at radius 1 is 1.29 bits per heavy atom. The number of primary amides is 1. The Bertz CT molecular complexity index is 1020. The third-order valence-electron chi connectivity index (χ3n) is 6.46. The highest BCUT2D eigenvalue weighted by Crippen LogP contribution is 2.39. The summed E-state index contributed by atoms with van der Waals surface area (Å²) in [5.74, 6) is 1.11. The van der Waals surface area contributed by atoms with E-state index in [9.17, 15) is 9.90 Å². The van der Waals surface area contributed by atoms with Crippen LogP contribution in [0.2, 0.25) is 0 Å². The largest absolute Gasteiger partial charge is 0.507 e. The monoisotopic (exact) mass is 467 g/mol. The Kier molecular flexibility index (Phi) is 8.79. The van der Waals surface area contributed by atoms with Gasteiger partial charge in [0.1, 0.15) is 11.6 Å². The van der Waals surface area contributed by atoms with E-state index in [0.29, 0.717) is 28.9 Å². The molecule has 0 saturated carbocycles. The van der Waals surface area contributed by atoms with Crippen molar-refractivity contribution < 1.29 is 14.6 Å². The van der Waals surface area contributed by atoms with Crippen LogP contribution in [0.1, 0.15) is 60.4 Å². The molecule has 2 aliphatic rings. The van der Waals surface area contributed by atoms with Crippen LogP contribution in [0, 0.1) is 0 Å². The molecule has 1 atom stereocenters. The Morgan fingerprint density at radius 3 is 2.50 bits per heavy atom. The van der Waals surface area contributed by atoms with Crippen molar-refractivity contribution in [2.45, 2.75) is 38.0 Å². The number of hydrogen-bond acceptors (Lipinski definition) is 6. The lowest BCUT2D eigenvalue weighted by Crippen LogP contribution is -2.39. The van der Waals surface area contributed by atoms with Crippen LogP contribution < -0.4 is 17.2 Å². The van der Waals surface area contributed by atoms with E-state index in [1.54, 1.807) is 12.1 Å². The Hall–Kier alpha value is -3.23. The minimum Gasteiger partial charge on any atom is -0.507 e. The summed E-state index contributed by atoms with van der Waals surface area (Å²) in [6.07, 6.45) is 6.26. The second kappa shape index (κ2) is 11.8. The van der Waals surface area contributed by atoms with E-state index in [2.05, 4.69) is 29.1 Å². The number of benzene rings is 1. The minimum atomic E-state index is -0.481. The molecular weight excluding hydrogens is 430 g/mol. The number of carbonyl (C=O) groups excluding carboxylic acids is 1. The molecule has 184 valence electrons. The van der Waals surface area contributed by atoms with Gasteiger partial charge in [0.25, 0.3) is 0 Å². The van der Waals surface area contributed by atoms with E-state index in [4.69, 9.17) is 16.2 Å². The number of phenolic OH excluding ortho intramolecular Hbond substituents is 1. The molecule has 1 aromatic heterocycles. The SMILES string of the molecule is C=CC(N)=O.CC(CN1CCC1)c1c(C2CCOCC2)[nH]c(N)c1/C=C(\N)c1ccccc1O. The molecule has 8 nitrogen and oxygen atoms in total. The lowest BCUT2D eigenvalue weighted by molar-refractivity contribution is -0.113. The van der Waals surface area contributed by atoms with Crippen molar-refractivity contribution in [1.29, 1.82) is 0 Å². The first-order chi connectivity index (χ1) is 16.3. The molecule has 1 amide bonds. The van der Waals surface area contributed by atoms with Gasteiger partial charge in [0.05, 0.1) is 0 Å². The number of para-hydroxylation sites is 1. The lowest BCUT2D eigenvalue weighted by Gasteiger charge is -2.34. The fraction of sp³-hybridized carbons (Fsp3) is 0.423. The number of H-pyrrole nitrogens is 1. The van der Waals surface area contributed by atoms with Gasteiger partial charge in [-0.3, -0.25) is 4.79 Å². The van der Waals surface area contributed by atoms with Crippen LogP contribution in [0.3, 0.4) is 0 Å². The number of hydrogen-bond donors (Lipinski definition) is 5. The summed E-state index contributed by atoms with van der Waals surface area (Å²) in [5, 5.41) is 10.2. The normalized spacial score (nSPS) is 17.9. The van der Waals surface area contributed by atoms with E-state index in [1.165, 1.54) is 30.8 Å². The zero-order chi connectivity index (χ0) is 24.7. The van der Waals surface area contributed by atoms with Crippen LogP contribution in [-0.2, 0) is 9.53 Å². The number of aromatic hydroxyl groups is 1. The van der Waals surface area contributed by atoms with Crippen LogP contribution in [-0.4, -0.2) is 53.7 Å². The molecule has 2 aromatic rings. The van der Waals surface area contributed by atoms with E-state index in [1.807, 2.05) is 18.2 Å². The average molecular weight is 468 g/mol. The highest BCUT2D eigenvalue weighted by Gasteiger charge is 2.28. The Balaban J connectivity index is 0.000000588. The lowest BCUT2D eigenvalue weighted by atomic mass is 9.86. The quantitative estimate of drug-likeness (QED) is 0.396. The van der Waals surface area contributed by atoms with Crippen LogP contribution in [0.4, 0.5) is 5.82 Å². The molecule has 2 aliphatic heterocycles. The van der Waals surface area contributed by atoms with Crippen molar-refractivity contribution in [3.8, 4) is 5.75 Å². The number of carbonyl (C=O) groups is 1. The fourth-order valence-corrected chi connectivity index (χ4v) is 4.56. The third kappa shape index (κ3) is 6.21. The molecule has 2 saturated heterocycles. The number of ether oxygens (including phenoxy) is 1. The number of nitrogens with two attached hydrogens (primary N) is 3. The van der Waals surface area contributed by atoms with Crippen molar-refractivity contribution >= 4 is 23.5 Å². The second-order valence-corrected chi connectivity index (χ2v) is 8.94. The van der Waals surface area contributed by atoms with Crippen molar-refractivity contribution in [1.82, 2.24) is 9.88 Å². The van der Waals surface area contributed by atoms with Gasteiger partial charge in [-0.15, -0.1) is 0 Å². The van der Waals surface area contributed by atoms with Crippen molar-refractivity contribution in [3.63, 3.8) is 0 Å². The molecule has 2 fully saturated rings. The van der Waals surface area contributed by atoms with Gasteiger partial charge < -0.3 is 36.9 Å². The number of anilines is 1. The molecule has 0 aliphatic carbocycles. The van der Waals surface area contributed by atoms with Gasteiger partial charge >= 0.3 is 0 Å². The van der Waals surface area contributed by atoms with Gasteiger partial charge in [-0.25, -0.2) is 0 Å². The van der Waals surface area contributed by atoms with Crippen LogP contribution in [0.5, 0.6) is 5.75 Å². The van der Waals surface area contributed by atoms with E-state index >= 15 is 0 Å². The van der Waals surface area contributed by atoms with Gasteiger partial charge in [-0.05, 0) is 68.1 Å². The summed E-state index contributed by atoms with van der Waals surface area (Å²) in [5.41, 5.74) is 22.0. The van der Waals surface area contributed by atoms with Gasteiger partial charge in [-0.2, -0.15) is 0 Å². The van der Waals surface area contributed by atoms with Crippen LogP contribution in [0.15, 0.2) is 36.9 Å². The smallest absolute Gasteiger partial charge is 0.240 e. The minimum absolute atomic E-state index is 0.176. The fourth-order valence-electron chi connectivity index (χ4n) is 4.56. The number of nitrogen functional groups attached to an aromatic ring is 1. The molecule has 8 N–H and O–H groups in total. The van der Waals surface area contributed by atoms with Crippen LogP contribution in [0.25, 0.3) is 11.8 Å². The standard InChI is InChI=1S/C23H32N4O2.C3H5NO/c1-15(14-27-9-4-10-27)21-18(13-19(24)17-5-2-3-6-20(17)28)23(25)26-22(21)16-7-11-29-12-8-16;1-2-3(4)5/h2-3,5-6,13,15-16,26,28H,4,7-12,14,24-25H2,1H3;2H,1H2,(H2,4,5)/b19-13-;. The first-order valence-corrected chi connectivity index (χ1v) is 11.8. The summed E-state index contributed by atoms with van der Waals surface area (Å²) in [6, 6.07) is 7.14. The third-order valence-corrected chi connectivity index (χ3v) is 6.46. The first-order valence-electron chi connectivity index (χ1n) is 11.8. The van der Waals surface area contributed by atoms with Crippen molar-refractivity contribution in [2.75, 3.05) is 38.6 Å². The summed E-state index contributed by atoms with van der Waals surface area (Å²) in [4.78, 5) is 15.4.